The third-order valence-electron chi connectivity index (χ3n) is 7.73. The fourth-order valence-electron chi connectivity index (χ4n) is 5.32. The summed E-state index contributed by atoms with van der Waals surface area (Å²) in [4.78, 5) is 27.6. The molecule has 3 rings (SSSR count). The molecule has 0 amide bonds. The Kier molecular flexibility index (Phi) is 8.18. The lowest BCUT2D eigenvalue weighted by Crippen LogP contribution is -2.62. The molecule has 0 aliphatic rings. The fraction of sp³-hybridized carbons (Fsp3) is 0.310. The Balaban J connectivity index is 2.30. The van der Waals surface area contributed by atoms with Crippen LogP contribution < -0.4 is 10.4 Å². The quantitative estimate of drug-likeness (QED) is 0.233. The minimum absolute atomic E-state index is 0.0280. The van der Waals surface area contributed by atoms with Crippen molar-refractivity contribution in [2.45, 2.75) is 43.2 Å². The number of ether oxygens (including phenoxy) is 2. The molecule has 0 aliphatic carbocycles. The van der Waals surface area contributed by atoms with Crippen molar-refractivity contribution in [2.24, 2.45) is 0 Å². The highest BCUT2D eigenvalue weighted by molar-refractivity contribution is 6.97. The molecule has 0 bridgehead atoms. The first-order chi connectivity index (χ1) is 16.6. The summed E-state index contributed by atoms with van der Waals surface area (Å²) in [5, 5.41) is 0.871. The average molecular weight is 505 g/mol. The van der Waals surface area contributed by atoms with E-state index >= 15 is 0 Å². The minimum Gasteiger partial charge on any atom is -0.468 e. The molecule has 0 heterocycles. The molecule has 0 aromatic heterocycles. The number of hydrogen-bond donors (Lipinski definition) is 0. The van der Waals surface area contributed by atoms with Crippen LogP contribution >= 0.6 is 0 Å². The first-order valence-electron chi connectivity index (χ1n) is 12.0. The van der Waals surface area contributed by atoms with Gasteiger partial charge in [-0.15, -0.1) is 0 Å². The molecule has 1 atom stereocenters. The number of esters is 2. The van der Waals surface area contributed by atoms with Crippen molar-refractivity contribution in [2.75, 3.05) is 14.2 Å². The molecular weight excluding hydrogens is 468 g/mol. The summed E-state index contributed by atoms with van der Waals surface area (Å²) in [5.41, 5.74) is 1.10. The highest BCUT2D eigenvalue weighted by Crippen LogP contribution is 2.50. The molecule has 3 aromatic carbocycles. The van der Waals surface area contributed by atoms with Gasteiger partial charge in [0, 0.05) is 0 Å². The van der Waals surface area contributed by atoms with Crippen LogP contribution in [0.1, 0.15) is 17.5 Å². The monoisotopic (exact) mass is 504 g/mol. The van der Waals surface area contributed by atoms with E-state index in [1.165, 1.54) is 19.4 Å². The van der Waals surface area contributed by atoms with Crippen LogP contribution in [0.4, 0.5) is 0 Å². The van der Waals surface area contributed by atoms with Crippen LogP contribution in [-0.4, -0.2) is 42.3 Å². The van der Waals surface area contributed by atoms with Crippen molar-refractivity contribution in [1.29, 1.82) is 0 Å². The maximum absolute atomic E-state index is 13.8. The van der Waals surface area contributed by atoms with Crippen LogP contribution in [0, 0.1) is 0 Å². The van der Waals surface area contributed by atoms with Gasteiger partial charge < -0.3 is 9.47 Å². The standard InChI is InChI=1S/C29H36O4Si2/c1-32-27(30)29(28(31)33-2,35(5,6)25-20-14-9-15-21-25)22-26(23-16-10-7-11-17-23)34(3,4)24-18-12-8-13-19-24/h7-21,26H,22H2,1-6H3/t26-/m1/s1. The van der Waals surface area contributed by atoms with Gasteiger partial charge in [0.15, 0.2) is 5.04 Å². The molecule has 0 unspecified atom stereocenters. The maximum Gasteiger partial charge on any atom is 0.320 e. The summed E-state index contributed by atoms with van der Waals surface area (Å²) in [5.74, 6) is -1.02. The van der Waals surface area contributed by atoms with E-state index in [1.54, 1.807) is 0 Å². The van der Waals surface area contributed by atoms with Crippen LogP contribution in [0.25, 0.3) is 0 Å². The number of carbonyl (C=O) groups excluding carboxylic acids is 2. The molecule has 0 saturated heterocycles. The lowest BCUT2D eigenvalue weighted by molar-refractivity contribution is -0.158. The third kappa shape index (κ3) is 4.90. The number of benzene rings is 3. The van der Waals surface area contributed by atoms with E-state index in [0.717, 1.165) is 10.8 Å². The normalized spacial score (nSPS) is 13.1. The van der Waals surface area contributed by atoms with E-state index in [-0.39, 0.29) is 5.54 Å². The van der Waals surface area contributed by atoms with Crippen molar-refractivity contribution >= 4 is 38.5 Å². The van der Waals surface area contributed by atoms with Gasteiger partial charge in [-0.25, -0.2) is 0 Å². The molecule has 0 N–H and O–H groups in total. The van der Waals surface area contributed by atoms with Gasteiger partial charge in [-0.2, -0.15) is 0 Å². The van der Waals surface area contributed by atoms with Crippen molar-refractivity contribution < 1.29 is 19.1 Å². The molecule has 184 valence electrons. The van der Waals surface area contributed by atoms with Crippen molar-refractivity contribution in [3.8, 4) is 0 Å². The second-order valence-corrected chi connectivity index (χ2v) is 19.5. The summed E-state index contributed by atoms with van der Waals surface area (Å²) in [7, 11) is -2.34. The van der Waals surface area contributed by atoms with E-state index in [1.807, 2.05) is 54.6 Å². The molecule has 0 saturated carbocycles. The Morgan fingerprint density at radius 3 is 1.51 bits per heavy atom. The minimum atomic E-state index is -2.83. The van der Waals surface area contributed by atoms with Gasteiger partial charge in [-0.1, -0.05) is 128 Å². The Hall–Kier alpha value is -2.97. The number of carbonyl (C=O) groups is 2. The first-order valence-corrected chi connectivity index (χ1v) is 18.0. The second-order valence-electron chi connectivity index (χ2n) is 10.1. The van der Waals surface area contributed by atoms with E-state index in [0.29, 0.717) is 6.42 Å². The van der Waals surface area contributed by atoms with Crippen molar-refractivity contribution in [1.82, 2.24) is 0 Å². The highest BCUT2D eigenvalue weighted by Gasteiger charge is 2.62. The largest absolute Gasteiger partial charge is 0.468 e. The van der Waals surface area contributed by atoms with Crippen LogP contribution in [0.3, 0.4) is 0 Å². The average Bonchev–Trinajstić information content (AvgIpc) is 2.89. The van der Waals surface area contributed by atoms with Crippen molar-refractivity contribution in [3.05, 3.63) is 96.6 Å². The summed E-state index contributed by atoms with van der Waals surface area (Å²) in [6, 6.07) is 30.6. The third-order valence-corrected chi connectivity index (χ3v) is 16.4. The number of methoxy groups -OCH3 is 2. The SMILES string of the molecule is COC(=O)C(C[C@H](c1ccccc1)[Si](C)(C)c1ccccc1)(C(=O)OC)[Si](C)(C)c1ccccc1. The van der Waals surface area contributed by atoms with Gasteiger partial charge in [0.1, 0.15) is 8.07 Å². The topological polar surface area (TPSA) is 52.6 Å². The Labute approximate surface area is 211 Å². The predicted molar refractivity (Wildman–Crippen MR) is 148 cm³/mol. The van der Waals surface area contributed by atoms with Crippen LogP contribution in [0.15, 0.2) is 91.0 Å². The number of hydrogen-bond acceptors (Lipinski definition) is 4. The lowest BCUT2D eigenvalue weighted by atomic mass is 9.97. The summed E-state index contributed by atoms with van der Waals surface area (Å²) in [6.07, 6.45) is 0.332. The van der Waals surface area contributed by atoms with Gasteiger partial charge in [0.2, 0.25) is 0 Å². The van der Waals surface area contributed by atoms with E-state index in [4.69, 9.17) is 9.47 Å². The van der Waals surface area contributed by atoms with Crippen LogP contribution in [0.5, 0.6) is 0 Å². The van der Waals surface area contributed by atoms with Gasteiger partial charge in [0.25, 0.3) is 0 Å². The highest BCUT2D eigenvalue weighted by atomic mass is 28.3. The molecular formula is C29H36O4Si2. The van der Waals surface area contributed by atoms with E-state index < -0.39 is 33.1 Å². The van der Waals surface area contributed by atoms with Crippen LogP contribution in [-0.2, 0) is 19.1 Å². The predicted octanol–water partition coefficient (Wildman–Crippen LogP) is 5.02. The summed E-state index contributed by atoms with van der Waals surface area (Å²) >= 11 is 0. The Morgan fingerprint density at radius 1 is 0.686 bits per heavy atom. The zero-order valence-electron chi connectivity index (χ0n) is 21.6. The summed E-state index contributed by atoms with van der Waals surface area (Å²) in [6.45, 7) is 8.79. The van der Waals surface area contributed by atoms with Crippen molar-refractivity contribution in [3.63, 3.8) is 0 Å². The molecule has 3 aromatic rings. The summed E-state index contributed by atoms with van der Waals surface area (Å²) < 4.78 is 10.8. The molecule has 0 spiro atoms. The molecule has 4 nitrogen and oxygen atoms in total. The zero-order chi connectivity index (χ0) is 25.7. The second kappa shape index (κ2) is 10.7. The van der Waals surface area contributed by atoms with Crippen LogP contribution in [0.2, 0.25) is 31.2 Å². The van der Waals surface area contributed by atoms with E-state index in [9.17, 15) is 9.59 Å². The van der Waals surface area contributed by atoms with E-state index in [2.05, 4.69) is 62.6 Å². The van der Waals surface area contributed by atoms with Gasteiger partial charge >= 0.3 is 11.9 Å². The molecule has 0 aliphatic heterocycles. The fourth-order valence-corrected chi connectivity index (χ4v) is 12.3. The molecule has 0 radical (unpaired) electrons. The lowest BCUT2D eigenvalue weighted by Gasteiger charge is -2.45. The molecule has 0 fully saturated rings. The maximum atomic E-state index is 13.8. The van der Waals surface area contributed by atoms with Gasteiger partial charge in [-0.05, 0) is 17.5 Å². The molecule has 35 heavy (non-hydrogen) atoms. The van der Waals surface area contributed by atoms with Gasteiger partial charge in [-0.3, -0.25) is 9.59 Å². The van der Waals surface area contributed by atoms with Gasteiger partial charge in [0.05, 0.1) is 22.3 Å². The number of rotatable bonds is 9. The Bertz CT molecular complexity index is 1110. The smallest absolute Gasteiger partial charge is 0.320 e. The Morgan fingerprint density at radius 2 is 1.09 bits per heavy atom. The first kappa shape index (κ1) is 26.6. The molecule has 6 heteroatoms. The zero-order valence-corrected chi connectivity index (χ0v) is 23.6.